The summed E-state index contributed by atoms with van der Waals surface area (Å²) in [5, 5.41) is 4.75. The van der Waals surface area contributed by atoms with Crippen LogP contribution in [0.15, 0.2) is 36.5 Å². The Balaban J connectivity index is 1.91. The van der Waals surface area contributed by atoms with Crippen LogP contribution in [0.4, 0.5) is 5.69 Å². The van der Waals surface area contributed by atoms with Gasteiger partial charge in [0.15, 0.2) is 0 Å². The van der Waals surface area contributed by atoms with Gasteiger partial charge >= 0.3 is 0 Å². The molecule has 94 valence electrons. The zero-order valence-corrected chi connectivity index (χ0v) is 10.8. The van der Waals surface area contributed by atoms with E-state index in [1.807, 2.05) is 12.3 Å². The molecule has 1 aromatic heterocycles. The molecule has 0 aliphatic carbocycles. The van der Waals surface area contributed by atoms with E-state index in [1.54, 1.807) is 0 Å². The van der Waals surface area contributed by atoms with Gasteiger partial charge in [-0.05, 0) is 25.1 Å². The van der Waals surface area contributed by atoms with E-state index in [1.165, 1.54) is 17.5 Å². The first kappa shape index (κ1) is 11.5. The molecule has 0 amide bonds. The van der Waals surface area contributed by atoms with E-state index in [0.29, 0.717) is 6.04 Å². The lowest BCUT2D eigenvalue weighted by molar-refractivity contribution is 0.572. The normalized spacial score (nSPS) is 19.6. The number of anilines is 1. The first-order valence-electron chi connectivity index (χ1n) is 6.70. The molecular weight excluding hydrogens is 222 g/mol. The Morgan fingerprint density at radius 3 is 3.11 bits per heavy atom. The highest BCUT2D eigenvalue weighted by Crippen LogP contribution is 2.27. The molecule has 1 atom stereocenters. The second kappa shape index (κ2) is 4.94. The van der Waals surface area contributed by atoms with Crippen LogP contribution in [0.3, 0.4) is 0 Å². The highest BCUT2D eigenvalue weighted by molar-refractivity contribution is 5.90. The Labute approximate surface area is 108 Å². The molecule has 1 N–H and O–H groups in total. The summed E-state index contributed by atoms with van der Waals surface area (Å²) in [5.74, 6) is 0. The van der Waals surface area contributed by atoms with E-state index in [-0.39, 0.29) is 0 Å². The third kappa shape index (κ3) is 2.06. The lowest BCUT2D eigenvalue weighted by atomic mass is 10.2. The zero-order valence-electron chi connectivity index (χ0n) is 10.8. The van der Waals surface area contributed by atoms with Crippen LogP contribution in [0.25, 0.3) is 10.9 Å². The standard InChI is InChI=1S/C15H19N3/c1-2-16-13-8-10-18(11-13)14-7-3-5-12-6-4-9-17-15(12)14/h3-7,9,13,16H,2,8,10-11H2,1H3. The minimum absolute atomic E-state index is 0.619. The fourth-order valence-electron chi connectivity index (χ4n) is 2.78. The molecule has 0 bridgehead atoms. The van der Waals surface area contributed by atoms with E-state index >= 15 is 0 Å². The number of rotatable bonds is 3. The van der Waals surface area contributed by atoms with Gasteiger partial charge in [-0.25, -0.2) is 0 Å². The summed E-state index contributed by atoms with van der Waals surface area (Å²) < 4.78 is 0. The van der Waals surface area contributed by atoms with E-state index in [0.717, 1.165) is 25.2 Å². The quantitative estimate of drug-likeness (QED) is 0.894. The second-order valence-electron chi connectivity index (χ2n) is 4.84. The molecule has 3 rings (SSSR count). The third-order valence-corrected chi connectivity index (χ3v) is 3.63. The smallest absolute Gasteiger partial charge is 0.0935 e. The molecule has 1 aliphatic heterocycles. The largest absolute Gasteiger partial charge is 0.368 e. The van der Waals surface area contributed by atoms with Gasteiger partial charge in [0.05, 0.1) is 11.2 Å². The molecule has 1 unspecified atom stereocenters. The molecule has 3 heteroatoms. The topological polar surface area (TPSA) is 28.2 Å². The zero-order chi connectivity index (χ0) is 12.4. The minimum atomic E-state index is 0.619. The molecule has 1 aliphatic rings. The number of benzene rings is 1. The number of hydrogen-bond donors (Lipinski definition) is 1. The Bertz CT molecular complexity index is 533. The number of hydrogen-bond acceptors (Lipinski definition) is 3. The van der Waals surface area contributed by atoms with Crippen LogP contribution < -0.4 is 10.2 Å². The molecule has 2 heterocycles. The molecule has 0 saturated carbocycles. The number of nitrogens with zero attached hydrogens (tertiary/aromatic N) is 2. The number of likely N-dealkylation sites (N-methyl/N-ethyl adjacent to an activating group) is 1. The predicted octanol–water partition coefficient (Wildman–Crippen LogP) is 2.42. The Morgan fingerprint density at radius 1 is 1.33 bits per heavy atom. The van der Waals surface area contributed by atoms with Gasteiger partial charge in [0.1, 0.15) is 0 Å². The van der Waals surface area contributed by atoms with Gasteiger partial charge in [-0.15, -0.1) is 0 Å². The summed E-state index contributed by atoms with van der Waals surface area (Å²) in [4.78, 5) is 6.98. The minimum Gasteiger partial charge on any atom is -0.368 e. The molecule has 3 nitrogen and oxygen atoms in total. The van der Waals surface area contributed by atoms with Crippen molar-refractivity contribution < 1.29 is 0 Å². The summed E-state index contributed by atoms with van der Waals surface area (Å²) in [6, 6.07) is 11.2. The third-order valence-electron chi connectivity index (χ3n) is 3.63. The van der Waals surface area contributed by atoms with Gasteiger partial charge < -0.3 is 10.2 Å². The van der Waals surface area contributed by atoms with Crippen LogP contribution in [0, 0.1) is 0 Å². The number of fused-ring (bicyclic) bond motifs is 1. The summed E-state index contributed by atoms with van der Waals surface area (Å²) >= 11 is 0. The Kier molecular flexibility index (Phi) is 3.15. The Morgan fingerprint density at radius 2 is 2.22 bits per heavy atom. The van der Waals surface area contributed by atoms with Crippen LogP contribution in [0.2, 0.25) is 0 Å². The van der Waals surface area contributed by atoms with E-state index in [2.05, 4.69) is 46.4 Å². The molecule has 1 aromatic carbocycles. The summed E-state index contributed by atoms with van der Waals surface area (Å²) in [6.45, 7) is 5.42. The molecule has 1 fully saturated rings. The van der Waals surface area contributed by atoms with Gasteiger partial charge in [-0.3, -0.25) is 4.98 Å². The first-order valence-corrected chi connectivity index (χ1v) is 6.70. The van der Waals surface area contributed by atoms with Crippen LogP contribution in [0.1, 0.15) is 13.3 Å². The predicted molar refractivity (Wildman–Crippen MR) is 76.0 cm³/mol. The monoisotopic (exact) mass is 241 g/mol. The van der Waals surface area contributed by atoms with Crippen molar-refractivity contribution in [2.45, 2.75) is 19.4 Å². The van der Waals surface area contributed by atoms with Crippen LogP contribution in [0.5, 0.6) is 0 Å². The van der Waals surface area contributed by atoms with E-state index < -0.39 is 0 Å². The van der Waals surface area contributed by atoms with Gasteiger partial charge in [0.25, 0.3) is 0 Å². The highest BCUT2D eigenvalue weighted by atomic mass is 15.2. The van der Waals surface area contributed by atoms with Crippen molar-refractivity contribution in [2.75, 3.05) is 24.5 Å². The molecule has 2 aromatic rings. The van der Waals surface area contributed by atoms with Crippen LogP contribution in [-0.4, -0.2) is 30.7 Å². The molecule has 0 radical (unpaired) electrons. The van der Waals surface area contributed by atoms with Crippen molar-refractivity contribution in [2.24, 2.45) is 0 Å². The summed E-state index contributed by atoms with van der Waals surface area (Å²) in [5.41, 5.74) is 2.39. The maximum atomic E-state index is 4.53. The SMILES string of the molecule is CCNC1CCN(c2cccc3cccnc23)C1. The first-order chi connectivity index (χ1) is 8.88. The molecule has 1 saturated heterocycles. The van der Waals surface area contributed by atoms with E-state index in [4.69, 9.17) is 0 Å². The summed E-state index contributed by atoms with van der Waals surface area (Å²) in [6.07, 6.45) is 3.10. The van der Waals surface area contributed by atoms with E-state index in [9.17, 15) is 0 Å². The Hall–Kier alpha value is -1.61. The second-order valence-corrected chi connectivity index (χ2v) is 4.84. The molecule has 18 heavy (non-hydrogen) atoms. The average Bonchev–Trinajstić information content (AvgIpc) is 2.87. The van der Waals surface area contributed by atoms with Gasteiger partial charge in [0, 0.05) is 30.7 Å². The lowest BCUT2D eigenvalue weighted by Gasteiger charge is -2.20. The van der Waals surface area contributed by atoms with Crippen molar-refractivity contribution in [1.82, 2.24) is 10.3 Å². The molecule has 0 spiro atoms. The maximum absolute atomic E-state index is 4.53. The fraction of sp³-hybridized carbons (Fsp3) is 0.400. The van der Waals surface area contributed by atoms with Crippen molar-refractivity contribution in [1.29, 1.82) is 0 Å². The van der Waals surface area contributed by atoms with Gasteiger partial charge in [-0.1, -0.05) is 25.1 Å². The van der Waals surface area contributed by atoms with Crippen LogP contribution >= 0.6 is 0 Å². The van der Waals surface area contributed by atoms with Gasteiger partial charge in [0.2, 0.25) is 0 Å². The van der Waals surface area contributed by atoms with Crippen molar-refractivity contribution >= 4 is 16.6 Å². The van der Waals surface area contributed by atoms with Crippen LogP contribution in [-0.2, 0) is 0 Å². The maximum Gasteiger partial charge on any atom is 0.0935 e. The van der Waals surface area contributed by atoms with Gasteiger partial charge in [-0.2, -0.15) is 0 Å². The molecular formula is C15H19N3. The number of pyridine rings is 1. The van der Waals surface area contributed by atoms with Crippen molar-refractivity contribution in [3.05, 3.63) is 36.5 Å². The number of nitrogens with one attached hydrogen (secondary N) is 1. The highest BCUT2D eigenvalue weighted by Gasteiger charge is 2.23. The lowest BCUT2D eigenvalue weighted by Crippen LogP contribution is -2.32. The number of para-hydroxylation sites is 1. The fourth-order valence-corrected chi connectivity index (χ4v) is 2.78. The van der Waals surface area contributed by atoms with Crippen molar-refractivity contribution in [3.63, 3.8) is 0 Å². The van der Waals surface area contributed by atoms with Crippen molar-refractivity contribution in [3.8, 4) is 0 Å². The number of aromatic nitrogens is 1. The summed E-state index contributed by atoms with van der Waals surface area (Å²) in [7, 11) is 0. The average molecular weight is 241 g/mol.